The van der Waals surface area contributed by atoms with Crippen LogP contribution < -0.4 is 10.6 Å². The van der Waals surface area contributed by atoms with E-state index < -0.39 is 10.8 Å². The number of carbonyl (C=O) groups is 1. The number of rotatable bonds is 8. The minimum atomic E-state index is -0.624. The predicted molar refractivity (Wildman–Crippen MR) is 116 cm³/mol. The number of anilines is 1. The van der Waals surface area contributed by atoms with Gasteiger partial charge in [-0.2, -0.15) is 5.10 Å². The van der Waals surface area contributed by atoms with Crippen LogP contribution in [0.15, 0.2) is 29.6 Å². The maximum Gasteiger partial charge on any atom is 0.288 e. The smallest absolute Gasteiger partial charge is 0.288 e. The van der Waals surface area contributed by atoms with Gasteiger partial charge in [0, 0.05) is 24.2 Å². The average Bonchev–Trinajstić information content (AvgIpc) is 3.10. The molecule has 0 aliphatic heterocycles. The number of carbonyl (C=O) groups excluding carboxylic acids is 1. The molecular weight excluding hydrogens is 430 g/mol. The Labute approximate surface area is 181 Å². The number of nitrogens with zero attached hydrogens (tertiary/aromatic N) is 5. The Morgan fingerprint density at radius 2 is 2.13 bits per heavy atom. The number of thioether (sulfide) groups is 1. The topological polar surface area (TPSA) is 128 Å². The molecule has 0 unspecified atom stereocenters. The van der Waals surface area contributed by atoms with E-state index in [0.717, 1.165) is 11.5 Å². The van der Waals surface area contributed by atoms with Crippen LogP contribution in [0.25, 0.3) is 11.0 Å². The maximum atomic E-state index is 12.4. The minimum absolute atomic E-state index is 0.0188. The molecule has 0 bridgehead atoms. The first kappa shape index (κ1) is 21.8. The molecule has 30 heavy (non-hydrogen) atoms. The van der Waals surface area contributed by atoms with Gasteiger partial charge in [-0.15, -0.1) is 0 Å². The summed E-state index contributed by atoms with van der Waals surface area (Å²) in [5.41, 5.74) is 0.509. The van der Waals surface area contributed by atoms with Crippen molar-refractivity contribution in [2.75, 3.05) is 18.1 Å². The summed E-state index contributed by atoms with van der Waals surface area (Å²) < 4.78 is 1.69. The standard InChI is InChI=1S/C18H20ClN7O3S/c1-10(2)22-15-12-9-21-25(16(12)24-18(23-15)30-3)7-6-20-17(27)11-4-5-13(19)14(8-11)26(28)29/h4-5,8-10H,6-7H2,1-3H3,(H,20,27)(H,22,23,24). The highest BCUT2D eigenvalue weighted by Crippen LogP contribution is 2.25. The van der Waals surface area contributed by atoms with Crippen LogP contribution >= 0.6 is 23.4 Å². The van der Waals surface area contributed by atoms with Crippen molar-refractivity contribution in [3.63, 3.8) is 0 Å². The van der Waals surface area contributed by atoms with Crippen molar-refractivity contribution in [2.45, 2.75) is 31.6 Å². The van der Waals surface area contributed by atoms with Crippen LogP contribution in [0.4, 0.5) is 11.5 Å². The quantitative estimate of drug-likeness (QED) is 0.232. The van der Waals surface area contributed by atoms with Crippen LogP contribution in [0.2, 0.25) is 5.02 Å². The molecule has 0 fully saturated rings. The summed E-state index contributed by atoms with van der Waals surface area (Å²) in [5.74, 6) is 0.274. The molecule has 1 aromatic carbocycles. The van der Waals surface area contributed by atoms with Gasteiger partial charge in [0.25, 0.3) is 11.6 Å². The van der Waals surface area contributed by atoms with Gasteiger partial charge in [-0.05, 0) is 32.2 Å². The molecule has 0 radical (unpaired) electrons. The normalized spacial score (nSPS) is 11.1. The van der Waals surface area contributed by atoms with Crippen molar-refractivity contribution < 1.29 is 9.72 Å². The molecule has 2 aromatic heterocycles. The summed E-state index contributed by atoms with van der Waals surface area (Å²) in [6.07, 6.45) is 3.58. The lowest BCUT2D eigenvalue weighted by molar-refractivity contribution is -0.384. The van der Waals surface area contributed by atoms with Crippen LogP contribution in [0.5, 0.6) is 0 Å². The fourth-order valence-electron chi connectivity index (χ4n) is 2.74. The molecule has 0 aliphatic rings. The highest BCUT2D eigenvalue weighted by Gasteiger charge is 2.17. The van der Waals surface area contributed by atoms with Crippen molar-refractivity contribution in [1.82, 2.24) is 25.1 Å². The Balaban J connectivity index is 1.74. The van der Waals surface area contributed by atoms with Gasteiger partial charge in [0.1, 0.15) is 10.8 Å². The number of amides is 1. The number of aromatic nitrogens is 4. The summed E-state index contributed by atoms with van der Waals surface area (Å²) in [6.45, 7) is 4.68. The Bertz CT molecular complexity index is 1100. The summed E-state index contributed by atoms with van der Waals surface area (Å²) in [5, 5.41) is 22.8. The van der Waals surface area contributed by atoms with E-state index in [9.17, 15) is 14.9 Å². The number of benzene rings is 1. The molecule has 2 heterocycles. The fourth-order valence-corrected chi connectivity index (χ4v) is 3.29. The van der Waals surface area contributed by atoms with Crippen LogP contribution in [-0.4, -0.2) is 49.4 Å². The van der Waals surface area contributed by atoms with Crippen molar-refractivity contribution in [3.05, 3.63) is 45.1 Å². The van der Waals surface area contributed by atoms with Crippen LogP contribution in [0.3, 0.4) is 0 Å². The fraction of sp³-hybridized carbons (Fsp3) is 0.333. The van der Waals surface area contributed by atoms with Crippen molar-refractivity contribution in [1.29, 1.82) is 0 Å². The van der Waals surface area contributed by atoms with Gasteiger partial charge in [-0.1, -0.05) is 23.4 Å². The largest absolute Gasteiger partial charge is 0.367 e. The second-order valence-electron chi connectivity index (χ2n) is 6.64. The highest BCUT2D eigenvalue weighted by atomic mass is 35.5. The van der Waals surface area contributed by atoms with E-state index in [4.69, 9.17) is 11.6 Å². The molecule has 10 nitrogen and oxygen atoms in total. The zero-order valence-electron chi connectivity index (χ0n) is 16.5. The van der Waals surface area contributed by atoms with E-state index in [1.54, 1.807) is 10.9 Å². The predicted octanol–water partition coefficient (Wildman–Crippen LogP) is 3.36. The van der Waals surface area contributed by atoms with Crippen LogP contribution in [0.1, 0.15) is 24.2 Å². The number of hydrogen-bond acceptors (Lipinski definition) is 8. The van der Waals surface area contributed by atoms with E-state index in [1.165, 1.54) is 23.9 Å². The van der Waals surface area contributed by atoms with E-state index in [1.807, 2.05) is 20.1 Å². The number of nitrogens with one attached hydrogen (secondary N) is 2. The molecule has 0 saturated carbocycles. The summed E-state index contributed by atoms with van der Waals surface area (Å²) in [4.78, 5) is 31.8. The Kier molecular flexibility index (Phi) is 6.73. The molecule has 3 rings (SSSR count). The molecule has 12 heteroatoms. The van der Waals surface area contributed by atoms with Gasteiger partial charge in [-0.3, -0.25) is 14.9 Å². The van der Waals surface area contributed by atoms with Gasteiger partial charge in [-0.25, -0.2) is 14.6 Å². The molecule has 0 saturated heterocycles. The Morgan fingerprint density at radius 3 is 2.80 bits per heavy atom. The first-order chi connectivity index (χ1) is 14.3. The van der Waals surface area contributed by atoms with E-state index >= 15 is 0 Å². The lowest BCUT2D eigenvalue weighted by atomic mass is 10.2. The third-order valence-corrected chi connectivity index (χ3v) is 4.97. The molecule has 0 spiro atoms. The van der Waals surface area contributed by atoms with Crippen LogP contribution in [0, 0.1) is 10.1 Å². The second kappa shape index (κ2) is 9.26. The number of nitro benzene ring substituents is 1. The Morgan fingerprint density at radius 1 is 1.37 bits per heavy atom. The first-order valence-corrected chi connectivity index (χ1v) is 10.7. The summed E-state index contributed by atoms with van der Waals surface area (Å²) in [7, 11) is 0. The third kappa shape index (κ3) is 4.79. The average molecular weight is 450 g/mol. The van der Waals surface area contributed by atoms with Crippen molar-refractivity contribution in [2.24, 2.45) is 0 Å². The number of hydrogen-bond donors (Lipinski definition) is 2. The van der Waals surface area contributed by atoms with Gasteiger partial charge in [0.15, 0.2) is 10.8 Å². The number of nitro groups is 1. The monoisotopic (exact) mass is 449 g/mol. The van der Waals surface area contributed by atoms with Gasteiger partial charge in [0.05, 0.1) is 23.1 Å². The maximum absolute atomic E-state index is 12.4. The Hall–Kier alpha value is -2.92. The molecule has 0 aliphatic carbocycles. The molecule has 3 aromatic rings. The van der Waals surface area contributed by atoms with Crippen LogP contribution in [-0.2, 0) is 6.54 Å². The third-order valence-electron chi connectivity index (χ3n) is 4.10. The SMILES string of the molecule is CSc1nc(NC(C)C)c2cnn(CCNC(=O)c3ccc(Cl)c([N+](=O)[O-])c3)c2n1. The molecule has 0 atom stereocenters. The molecule has 1 amide bonds. The zero-order chi connectivity index (χ0) is 21.8. The zero-order valence-corrected chi connectivity index (χ0v) is 18.1. The van der Waals surface area contributed by atoms with Gasteiger partial charge >= 0.3 is 0 Å². The first-order valence-electron chi connectivity index (χ1n) is 9.06. The lowest BCUT2D eigenvalue weighted by Gasteiger charge is -2.11. The van der Waals surface area contributed by atoms with E-state index in [2.05, 4.69) is 25.7 Å². The van der Waals surface area contributed by atoms with E-state index in [0.29, 0.717) is 23.2 Å². The molecular formula is C18H20ClN7O3S. The number of halogens is 1. The van der Waals surface area contributed by atoms with Crippen molar-refractivity contribution >= 4 is 51.8 Å². The summed E-state index contributed by atoms with van der Waals surface area (Å²) >= 11 is 7.22. The van der Waals surface area contributed by atoms with Crippen molar-refractivity contribution in [3.8, 4) is 0 Å². The highest BCUT2D eigenvalue weighted by molar-refractivity contribution is 7.98. The lowest BCUT2D eigenvalue weighted by Crippen LogP contribution is -2.27. The minimum Gasteiger partial charge on any atom is -0.367 e. The number of fused-ring (bicyclic) bond motifs is 1. The molecule has 158 valence electrons. The van der Waals surface area contributed by atoms with Gasteiger partial charge < -0.3 is 10.6 Å². The van der Waals surface area contributed by atoms with Gasteiger partial charge in [0.2, 0.25) is 0 Å². The second-order valence-corrected chi connectivity index (χ2v) is 7.82. The van der Waals surface area contributed by atoms with E-state index in [-0.39, 0.29) is 28.9 Å². The molecule has 2 N–H and O–H groups in total. The summed E-state index contributed by atoms with van der Waals surface area (Å²) in [6, 6.07) is 4.13.